The summed E-state index contributed by atoms with van der Waals surface area (Å²) in [5.41, 5.74) is 28.6. The normalized spacial score (nSPS) is 19.3. The van der Waals surface area contributed by atoms with Gasteiger partial charge in [0.15, 0.2) is 0 Å². The van der Waals surface area contributed by atoms with Crippen LogP contribution in [0.1, 0.15) is 203 Å². The van der Waals surface area contributed by atoms with Crippen LogP contribution < -0.4 is 18.6 Å². The van der Waals surface area contributed by atoms with Crippen molar-refractivity contribution in [2.75, 3.05) is 12.3 Å². The summed E-state index contributed by atoms with van der Waals surface area (Å²) in [6, 6.07) is 44.8. The van der Waals surface area contributed by atoms with Crippen molar-refractivity contribution in [2.24, 2.45) is 0 Å². The first kappa shape index (κ1) is 63.9. The Bertz CT molecular complexity index is 2980. The molecule has 3 aliphatic rings. The van der Waals surface area contributed by atoms with E-state index in [1.165, 1.54) is 89.0 Å². The van der Waals surface area contributed by atoms with Gasteiger partial charge in [-0.2, -0.15) is 0 Å². The minimum absolute atomic E-state index is 0.350. The van der Waals surface area contributed by atoms with E-state index in [0.717, 1.165) is 12.3 Å². The monoisotopic (exact) mass is 1260 g/mol. The molecule has 3 heterocycles. The fourth-order valence-electron chi connectivity index (χ4n) is 14.8. The van der Waals surface area contributed by atoms with Gasteiger partial charge in [0.05, 0.1) is 0 Å². The Balaban J connectivity index is 1.73. The zero-order valence-electron chi connectivity index (χ0n) is 55.4. The van der Waals surface area contributed by atoms with Crippen LogP contribution in [-0.2, 0) is 0 Å². The zero-order valence-corrected chi connectivity index (χ0v) is 62.6. The molecule has 9 heteroatoms. The molecule has 9 rings (SSSR count). The van der Waals surface area contributed by atoms with Crippen LogP contribution in [-0.4, -0.2) is 70.9 Å². The van der Waals surface area contributed by atoms with Crippen LogP contribution in [0.5, 0.6) is 0 Å². The van der Waals surface area contributed by atoms with Crippen molar-refractivity contribution < 1.29 is 0 Å². The molecular formula is C72H108Ge2N4Si3. The molecule has 3 unspecified atom stereocenters. The van der Waals surface area contributed by atoms with Crippen molar-refractivity contribution in [3.8, 4) is 44.5 Å². The third-order valence-electron chi connectivity index (χ3n) is 17.9. The van der Waals surface area contributed by atoms with Crippen LogP contribution in [0.2, 0.25) is 62.1 Å². The van der Waals surface area contributed by atoms with E-state index < -0.39 is 51.6 Å². The van der Waals surface area contributed by atoms with E-state index >= 15 is 0 Å². The Hall–Kier alpha value is -3.10. The van der Waals surface area contributed by atoms with E-state index in [4.69, 9.17) is 9.81 Å². The molecule has 436 valence electrons. The second kappa shape index (κ2) is 24.0. The Labute approximate surface area is 504 Å². The standard InChI is InChI=1S/C72H108Ge2N4Si3/c1-46(2)54-32-26-33-55(47(3)4)66(54)62-40-30-41-63(67-56(48(5)6)34-27-35-57(67)49(7)8)70(62)73-72(81(23,24)25)74(77(76-73)45-80(20,21)22,78(73)75-44-79(17,18)19)71-64(68-58(50(9)10)36-28-37-59(68)51(11)12)42-31-43-65(71)69-60(52(13)14)38-29-39-61(69)53(15)16/h26-43,46-53,72,75-76H,44-45H2,1-25H3. The Kier molecular flexibility index (Phi) is 18.9. The summed E-state index contributed by atoms with van der Waals surface area (Å²) in [7, 11) is -5.89. The molecule has 3 aliphatic heterocycles. The van der Waals surface area contributed by atoms with Crippen molar-refractivity contribution in [1.29, 1.82) is 0 Å². The molecule has 0 aliphatic carbocycles. The van der Waals surface area contributed by atoms with Crippen LogP contribution in [0.4, 0.5) is 0 Å². The molecule has 3 fully saturated rings. The van der Waals surface area contributed by atoms with Crippen LogP contribution in [0, 0.1) is 0 Å². The fourth-order valence-corrected chi connectivity index (χ4v) is 91.1. The summed E-state index contributed by atoms with van der Waals surface area (Å²) in [5, 5.41) is 0. The van der Waals surface area contributed by atoms with Gasteiger partial charge in [-0.05, 0) is 0 Å². The Morgan fingerprint density at radius 1 is 0.383 bits per heavy atom. The minimum atomic E-state index is -4.17. The predicted octanol–water partition coefficient (Wildman–Crippen LogP) is 19.5. The zero-order chi connectivity index (χ0) is 59.8. The summed E-state index contributed by atoms with van der Waals surface area (Å²) in [4.78, 5) is 0. The molecule has 0 radical (unpaired) electrons. The third kappa shape index (κ3) is 11.6. The van der Waals surface area contributed by atoms with Crippen LogP contribution in [0.3, 0.4) is 0 Å². The summed E-state index contributed by atoms with van der Waals surface area (Å²) >= 11 is -8.30. The van der Waals surface area contributed by atoms with Crippen LogP contribution in [0.15, 0.2) is 109 Å². The van der Waals surface area contributed by atoms with E-state index in [9.17, 15) is 0 Å². The van der Waals surface area contributed by atoms with Gasteiger partial charge in [-0.3, -0.25) is 0 Å². The van der Waals surface area contributed by atoms with Gasteiger partial charge < -0.3 is 0 Å². The van der Waals surface area contributed by atoms with Gasteiger partial charge in [0.1, 0.15) is 0 Å². The maximum absolute atomic E-state index is 5.17. The van der Waals surface area contributed by atoms with E-state index in [1.54, 1.807) is 8.79 Å². The average molecular weight is 1260 g/mol. The fraction of sp³-hybridized carbons (Fsp3) is 0.500. The first-order chi connectivity index (χ1) is 37.7. The van der Waals surface area contributed by atoms with Crippen molar-refractivity contribution in [1.82, 2.24) is 16.7 Å². The Morgan fingerprint density at radius 2 is 0.642 bits per heavy atom. The first-order valence-corrected chi connectivity index (χ1v) is 51.0. The van der Waals surface area contributed by atoms with Crippen LogP contribution in [0.25, 0.3) is 44.5 Å². The molecule has 0 saturated carbocycles. The van der Waals surface area contributed by atoms with E-state index in [-0.39, 0.29) is 0 Å². The molecule has 81 heavy (non-hydrogen) atoms. The number of benzene rings is 6. The summed E-state index contributed by atoms with van der Waals surface area (Å²) < 4.78 is 15.6. The van der Waals surface area contributed by atoms with Gasteiger partial charge in [-0.1, -0.05) is 0 Å². The number of hydrogen-bond acceptors (Lipinski definition) is 4. The average Bonchev–Trinajstić information content (AvgIpc) is 3.81. The Morgan fingerprint density at radius 3 is 0.877 bits per heavy atom. The summed E-state index contributed by atoms with van der Waals surface area (Å²) in [6.45, 7) is 63.4. The molecule has 6 aromatic carbocycles. The second-order valence-electron chi connectivity index (χ2n) is 30.7. The molecule has 6 aromatic rings. The van der Waals surface area contributed by atoms with Gasteiger partial charge in [-0.25, -0.2) is 0 Å². The third-order valence-corrected chi connectivity index (χ3v) is 71.5. The molecular weight excluding hydrogens is 1150 g/mol. The number of hydrazine groups is 2. The summed E-state index contributed by atoms with van der Waals surface area (Å²) in [6.07, 6.45) is 2.13. The first-order valence-electron chi connectivity index (χ1n) is 31.6. The summed E-state index contributed by atoms with van der Waals surface area (Å²) in [5.74, 6) is 2.80. The molecule has 0 amide bonds. The molecule has 2 N–H and O–H groups in total. The molecule has 0 spiro atoms. The van der Waals surface area contributed by atoms with Gasteiger partial charge in [0.2, 0.25) is 0 Å². The molecule has 3 atom stereocenters. The molecule has 0 aromatic heterocycles. The van der Waals surface area contributed by atoms with Crippen molar-refractivity contribution in [3.63, 3.8) is 0 Å². The number of nitrogens with one attached hydrogen (secondary N) is 2. The van der Waals surface area contributed by atoms with Crippen LogP contribution >= 0.6 is 0 Å². The number of hydrogen-bond donors (Lipinski definition) is 2. The van der Waals surface area contributed by atoms with Gasteiger partial charge in [-0.15, -0.1) is 0 Å². The van der Waals surface area contributed by atoms with E-state index in [0.29, 0.717) is 50.5 Å². The number of nitrogens with zero attached hydrogens (tertiary/aromatic N) is 2. The van der Waals surface area contributed by atoms with Gasteiger partial charge >= 0.3 is 508 Å². The predicted molar refractivity (Wildman–Crippen MR) is 372 cm³/mol. The van der Waals surface area contributed by atoms with E-state index in [2.05, 4.69) is 286 Å². The topological polar surface area (TPSA) is 30.5 Å². The SMILES string of the molecule is CC(C)c1cccc(C(C)C)c1-c1cccc(-c2c(C(C)C)cccc2C(C)C)[c]1[Ge]12[NH][N](C[Si](C)(C)C)[Ge]([c]3c(-c4c(C(C)C)cccc4C(C)C)cccc3-c3c(C(C)C)cccc3C(C)C)([CH]1[Si](C)(C)C)[N]2NC[Si](C)(C)C. The number of rotatable bonds is 20. The quantitative estimate of drug-likeness (QED) is 0.0746. The van der Waals surface area contributed by atoms with Gasteiger partial charge in [0, 0.05) is 0 Å². The van der Waals surface area contributed by atoms with Crippen molar-refractivity contribution in [3.05, 3.63) is 154 Å². The molecule has 2 bridgehead atoms. The molecule has 3 saturated heterocycles. The van der Waals surface area contributed by atoms with Gasteiger partial charge in [0.25, 0.3) is 0 Å². The van der Waals surface area contributed by atoms with E-state index in [1.807, 2.05) is 0 Å². The second-order valence-corrected chi connectivity index (χ2v) is 68.1. The number of fused-ring (bicyclic) bond motifs is 1. The molecule has 4 nitrogen and oxygen atoms in total. The van der Waals surface area contributed by atoms with Crippen molar-refractivity contribution in [2.45, 2.75) is 220 Å². The maximum atomic E-state index is 5.17. The van der Waals surface area contributed by atoms with Crippen molar-refractivity contribution >= 4 is 60.4 Å².